The molecule has 0 radical (unpaired) electrons. The summed E-state index contributed by atoms with van der Waals surface area (Å²) in [6.07, 6.45) is 9.14. The van der Waals surface area contributed by atoms with Crippen molar-refractivity contribution in [2.45, 2.75) is 42.4 Å². The zero-order valence-corrected chi connectivity index (χ0v) is 7.86. The van der Waals surface area contributed by atoms with E-state index in [1.807, 2.05) is 0 Å². The Labute approximate surface area is 70.5 Å². The molecule has 1 atom stereocenters. The Kier molecular flexibility index (Phi) is 1.51. The van der Waals surface area contributed by atoms with Gasteiger partial charge in [-0.25, -0.2) is 0 Å². The van der Waals surface area contributed by atoms with Gasteiger partial charge in [0.15, 0.2) is 0 Å². The molecule has 52 valence electrons. The van der Waals surface area contributed by atoms with Crippen molar-refractivity contribution in [2.24, 2.45) is 5.41 Å². The fourth-order valence-corrected chi connectivity index (χ4v) is 3.36. The molecule has 0 heterocycles. The maximum absolute atomic E-state index is 2.66. The molecule has 1 spiro atoms. The van der Waals surface area contributed by atoms with E-state index in [0.29, 0.717) is 0 Å². The Bertz CT molecular complexity index is 116. The molecular formula is C8H13I. The quantitative estimate of drug-likeness (QED) is 0.447. The summed E-state index contributed by atoms with van der Waals surface area (Å²) in [4.78, 5) is 0. The first-order chi connectivity index (χ1) is 4.33. The summed E-state index contributed by atoms with van der Waals surface area (Å²) >= 11 is 2.66. The van der Waals surface area contributed by atoms with E-state index in [0.717, 1.165) is 9.34 Å². The van der Waals surface area contributed by atoms with Gasteiger partial charge in [0.05, 0.1) is 0 Å². The normalized spacial score (nSPS) is 39.0. The first kappa shape index (κ1) is 6.44. The zero-order valence-electron chi connectivity index (χ0n) is 5.70. The van der Waals surface area contributed by atoms with Crippen molar-refractivity contribution in [3.63, 3.8) is 0 Å². The van der Waals surface area contributed by atoms with E-state index in [1.54, 1.807) is 19.3 Å². The topological polar surface area (TPSA) is 0 Å². The second kappa shape index (κ2) is 2.11. The fraction of sp³-hybridized carbons (Fsp3) is 1.00. The van der Waals surface area contributed by atoms with Crippen LogP contribution in [0.25, 0.3) is 0 Å². The Morgan fingerprint density at radius 3 is 2.33 bits per heavy atom. The number of hydrogen-bond donors (Lipinski definition) is 0. The smallest absolute Gasteiger partial charge is 0.0166 e. The highest BCUT2D eigenvalue weighted by molar-refractivity contribution is 14.1. The van der Waals surface area contributed by atoms with Crippen LogP contribution in [0.3, 0.4) is 0 Å². The molecule has 0 aromatic heterocycles. The lowest BCUT2D eigenvalue weighted by molar-refractivity contribution is 0.361. The van der Waals surface area contributed by atoms with Crippen LogP contribution >= 0.6 is 22.6 Å². The first-order valence-corrected chi connectivity index (χ1v) is 5.22. The first-order valence-electron chi connectivity index (χ1n) is 3.98. The Balaban J connectivity index is 2.03. The highest BCUT2D eigenvalue weighted by atomic mass is 127. The van der Waals surface area contributed by atoms with Gasteiger partial charge in [0.2, 0.25) is 0 Å². The summed E-state index contributed by atoms with van der Waals surface area (Å²) in [5.41, 5.74) is 0.874. The van der Waals surface area contributed by atoms with Gasteiger partial charge in [-0.1, -0.05) is 35.4 Å². The van der Waals surface area contributed by atoms with Crippen LogP contribution in [-0.2, 0) is 0 Å². The summed E-state index contributed by atoms with van der Waals surface area (Å²) in [7, 11) is 0. The summed E-state index contributed by atoms with van der Waals surface area (Å²) in [6.45, 7) is 0. The second-order valence-electron chi connectivity index (χ2n) is 3.58. The molecule has 2 rings (SSSR count). The van der Waals surface area contributed by atoms with Crippen molar-refractivity contribution < 1.29 is 0 Å². The van der Waals surface area contributed by atoms with E-state index in [9.17, 15) is 0 Å². The van der Waals surface area contributed by atoms with Crippen LogP contribution in [0.1, 0.15) is 38.5 Å². The van der Waals surface area contributed by atoms with Crippen LogP contribution in [0.2, 0.25) is 0 Å². The molecule has 1 heteroatoms. The third kappa shape index (κ3) is 1.02. The predicted molar refractivity (Wildman–Crippen MR) is 47.9 cm³/mol. The molecule has 0 nitrogen and oxygen atoms in total. The van der Waals surface area contributed by atoms with Crippen LogP contribution in [0.5, 0.6) is 0 Å². The van der Waals surface area contributed by atoms with Gasteiger partial charge >= 0.3 is 0 Å². The van der Waals surface area contributed by atoms with E-state index < -0.39 is 0 Å². The van der Waals surface area contributed by atoms with Crippen molar-refractivity contribution in [3.8, 4) is 0 Å². The monoisotopic (exact) mass is 236 g/mol. The van der Waals surface area contributed by atoms with Gasteiger partial charge in [0, 0.05) is 3.92 Å². The van der Waals surface area contributed by atoms with E-state index in [2.05, 4.69) is 22.6 Å². The average Bonchev–Trinajstić information content (AvgIpc) is 2.60. The molecule has 0 aromatic rings. The van der Waals surface area contributed by atoms with Crippen LogP contribution in [-0.4, -0.2) is 3.92 Å². The summed E-state index contributed by atoms with van der Waals surface area (Å²) in [6, 6.07) is 0. The Morgan fingerprint density at radius 2 is 1.89 bits per heavy atom. The zero-order chi connectivity index (χ0) is 6.32. The molecule has 1 unspecified atom stereocenters. The minimum atomic E-state index is 0.874. The van der Waals surface area contributed by atoms with Gasteiger partial charge < -0.3 is 0 Å². The largest absolute Gasteiger partial charge is 0.0820 e. The maximum atomic E-state index is 2.66. The fourth-order valence-electron chi connectivity index (χ4n) is 1.99. The molecule has 0 aromatic carbocycles. The number of hydrogen-bond acceptors (Lipinski definition) is 0. The third-order valence-corrected chi connectivity index (χ3v) is 4.88. The molecule has 2 aliphatic rings. The van der Waals surface area contributed by atoms with Crippen LogP contribution < -0.4 is 0 Å². The molecule has 0 bridgehead atoms. The van der Waals surface area contributed by atoms with Crippen molar-refractivity contribution in [2.75, 3.05) is 0 Å². The number of rotatable bonds is 0. The van der Waals surface area contributed by atoms with E-state index >= 15 is 0 Å². The minimum absolute atomic E-state index is 0.874. The minimum Gasteiger partial charge on any atom is -0.0820 e. The van der Waals surface area contributed by atoms with Crippen LogP contribution in [0, 0.1) is 5.41 Å². The Morgan fingerprint density at radius 1 is 1.11 bits per heavy atom. The molecular weight excluding hydrogens is 223 g/mol. The molecule has 0 aliphatic heterocycles. The lowest BCUT2D eigenvalue weighted by atomic mass is 9.86. The van der Waals surface area contributed by atoms with Crippen molar-refractivity contribution >= 4 is 22.6 Å². The highest BCUT2D eigenvalue weighted by Gasteiger charge is 2.48. The van der Waals surface area contributed by atoms with Crippen molar-refractivity contribution in [1.29, 1.82) is 0 Å². The van der Waals surface area contributed by atoms with Crippen molar-refractivity contribution in [3.05, 3.63) is 0 Å². The lowest BCUT2D eigenvalue weighted by Gasteiger charge is -2.26. The summed E-state index contributed by atoms with van der Waals surface area (Å²) in [5, 5.41) is 0. The highest BCUT2D eigenvalue weighted by Crippen LogP contribution is 2.58. The molecule has 2 aliphatic carbocycles. The molecule has 0 saturated heterocycles. The van der Waals surface area contributed by atoms with Crippen LogP contribution in [0.15, 0.2) is 0 Å². The summed E-state index contributed by atoms with van der Waals surface area (Å²) < 4.78 is 1.03. The summed E-state index contributed by atoms with van der Waals surface area (Å²) in [5.74, 6) is 0. The van der Waals surface area contributed by atoms with Crippen LogP contribution in [0.4, 0.5) is 0 Å². The van der Waals surface area contributed by atoms with Gasteiger partial charge in [-0.15, -0.1) is 0 Å². The average molecular weight is 236 g/mol. The van der Waals surface area contributed by atoms with Gasteiger partial charge in [0.25, 0.3) is 0 Å². The molecule has 0 amide bonds. The van der Waals surface area contributed by atoms with E-state index in [1.165, 1.54) is 19.3 Å². The number of alkyl halides is 1. The second-order valence-corrected chi connectivity index (χ2v) is 5.08. The molecule has 2 fully saturated rings. The van der Waals surface area contributed by atoms with Gasteiger partial charge in [-0.05, 0) is 31.1 Å². The SMILES string of the molecule is IC1CCCCC12CC2. The van der Waals surface area contributed by atoms with E-state index in [-0.39, 0.29) is 0 Å². The maximum Gasteiger partial charge on any atom is 0.0166 e. The third-order valence-electron chi connectivity index (χ3n) is 2.94. The van der Waals surface area contributed by atoms with Crippen molar-refractivity contribution in [1.82, 2.24) is 0 Å². The lowest BCUT2D eigenvalue weighted by Crippen LogP contribution is -2.19. The van der Waals surface area contributed by atoms with Gasteiger partial charge in [-0.2, -0.15) is 0 Å². The Hall–Kier alpha value is 0.730. The molecule has 2 saturated carbocycles. The number of halogens is 1. The predicted octanol–water partition coefficient (Wildman–Crippen LogP) is 3.14. The van der Waals surface area contributed by atoms with Gasteiger partial charge in [0.1, 0.15) is 0 Å². The molecule has 0 N–H and O–H groups in total. The van der Waals surface area contributed by atoms with Gasteiger partial charge in [-0.3, -0.25) is 0 Å². The molecule has 9 heavy (non-hydrogen) atoms. The van der Waals surface area contributed by atoms with E-state index in [4.69, 9.17) is 0 Å². The standard InChI is InChI=1S/C8H13I/c9-7-3-1-2-4-8(7)5-6-8/h7H,1-6H2.